The second kappa shape index (κ2) is 17.7. The lowest BCUT2D eigenvalue weighted by molar-refractivity contribution is -0.192. The molecule has 0 radical (unpaired) electrons. The summed E-state index contributed by atoms with van der Waals surface area (Å²) in [5, 5.41) is 53.9. The van der Waals surface area contributed by atoms with Gasteiger partial charge in [-0.15, -0.1) is 0 Å². The van der Waals surface area contributed by atoms with E-state index in [-0.39, 0.29) is 29.0 Å². The predicted octanol–water partition coefficient (Wildman–Crippen LogP) is 4.29. The molecule has 18 heteroatoms. The molecule has 4 aromatic carbocycles. The van der Waals surface area contributed by atoms with E-state index in [1.54, 1.807) is 18.2 Å². The fourth-order valence-corrected chi connectivity index (χ4v) is 5.22. The Morgan fingerprint density at radius 2 is 1.40 bits per heavy atom. The Morgan fingerprint density at radius 3 is 2.02 bits per heavy atom. The lowest BCUT2D eigenvalue weighted by Gasteiger charge is -2.26. The molecule has 0 unspecified atom stereocenters. The van der Waals surface area contributed by atoms with Crippen LogP contribution in [0.5, 0.6) is 23.0 Å². The first-order valence-corrected chi connectivity index (χ1v) is 16.0. The number of rotatable bonds is 9. The van der Waals surface area contributed by atoms with Crippen molar-refractivity contribution in [2.45, 2.75) is 31.2 Å². The van der Waals surface area contributed by atoms with E-state index >= 15 is 0 Å². The Balaban J connectivity index is 0.000000876. The summed E-state index contributed by atoms with van der Waals surface area (Å²) in [6, 6.07) is 17.8. The van der Waals surface area contributed by atoms with Crippen LogP contribution in [0, 0.1) is 0 Å². The molecule has 7 N–H and O–H groups in total. The van der Waals surface area contributed by atoms with Gasteiger partial charge in [-0.3, -0.25) is 9.59 Å². The second-order valence-electron chi connectivity index (χ2n) is 11.7. The number of alkyl halides is 3. The number of aromatic carboxylic acids is 1. The standard InChI is InChI=1S/C35H30N2O11.C2HF3O2/c38-22-13-11-19(12-14-22)32(42)37-24-18-36-15-5-10-27(24)47-35(46)21-16-26(40)30(28(17-21)48-34(45)20-6-2-1-3-7-20)31(41)29-23(33(43)44)8-4-9-25(29)39;3-2(4,5)1(6)7/h1-4,6-9,11-14,16-17,24,27,36,38-40H,5,10,15,18H2,(H,37,42)(H,43,44);(H,6,7)/t24-,27-;/m1./s1. The van der Waals surface area contributed by atoms with Gasteiger partial charge in [0.25, 0.3) is 5.91 Å². The molecule has 2 atom stereocenters. The zero-order chi connectivity index (χ0) is 40.4. The second-order valence-corrected chi connectivity index (χ2v) is 11.7. The highest BCUT2D eigenvalue weighted by Gasteiger charge is 2.38. The summed E-state index contributed by atoms with van der Waals surface area (Å²) in [6.45, 7) is 0.842. The van der Waals surface area contributed by atoms with Gasteiger partial charge in [0.2, 0.25) is 5.78 Å². The van der Waals surface area contributed by atoms with E-state index in [1.807, 2.05) is 0 Å². The SMILES string of the molecule is O=C(N[C@@H]1CNCCC[C@H]1OC(=O)c1cc(O)c(C(=O)c2c(O)cccc2C(=O)O)c(OC(=O)c2ccccc2)c1)c1ccc(O)cc1.O=C(O)C(F)(F)F. The lowest BCUT2D eigenvalue weighted by atomic mass is 9.95. The molecule has 1 heterocycles. The van der Waals surface area contributed by atoms with E-state index in [0.717, 1.165) is 24.3 Å². The molecule has 15 nitrogen and oxygen atoms in total. The van der Waals surface area contributed by atoms with Crippen LogP contribution in [0.4, 0.5) is 13.2 Å². The number of hydrogen-bond acceptors (Lipinski definition) is 12. The third kappa shape index (κ3) is 10.6. The van der Waals surface area contributed by atoms with Crippen LogP contribution in [-0.4, -0.2) is 92.5 Å². The van der Waals surface area contributed by atoms with Crippen molar-refractivity contribution in [3.63, 3.8) is 0 Å². The highest BCUT2D eigenvalue weighted by molar-refractivity contribution is 6.19. The Labute approximate surface area is 308 Å². The minimum Gasteiger partial charge on any atom is -0.508 e. The number of ketones is 1. The van der Waals surface area contributed by atoms with Crippen LogP contribution in [0.15, 0.2) is 84.9 Å². The molecular weight excluding hydrogens is 737 g/mol. The van der Waals surface area contributed by atoms with Crippen molar-refractivity contribution < 1.29 is 76.9 Å². The first-order valence-electron chi connectivity index (χ1n) is 16.0. The monoisotopic (exact) mass is 768 g/mol. The van der Waals surface area contributed by atoms with Gasteiger partial charge < -0.3 is 45.6 Å². The summed E-state index contributed by atoms with van der Waals surface area (Å²) < 4.78 is 43.0. The number of esters is 2. The van der Waals surface area contributed by atoms with Crippen molar-refractivity contribution in [3.05, 3.63) is 118 Å². The number of carbonyl (C=O) groups excluding carboxylic acids is 4. The molecule has 0 spiro atoms. The van der Waals surface area contributed by atoms with Gasteiger partial charge in [-0.1, -0.05) is 24.3 Å². The topological polar surface area (TPSA) is 246 Å². The molecule has 4 aromatic rings. The van der Waals surface area contributed by atoms with Gasteiger partial charge in [0, 0.05) is 12.1 Å². The molecule has 0 bridgehead atoms. The van der Waals surface area contributed by atoms with E-state index in [1.165, 1.54) is 42.5 Å². The number of phenolic OH excluding ortho intramolecular Hbond substituents is 3. The van der Waals surface area contributed by atoms with Crippen LogP contribution in [0.25, 0.3) is 0 Å². The normalized spacial score (nSPS) is 15.3. The van der Waals surface area contributed by atoms with Gasteiger partial charge >= 0.3 is 30.1 Å². The van der Waals surface area contributed by atoms with Crippen LogP contribution in [0.2, 0.25) is 0 Å². The average Bonchev–Trinajstić information content (AvgIpc) is 3.35. The Hall–Kier alpha value is -6.95. The molecule has 1 amide bonds. The zero-order valence-corrected chi connectivity index (χ0v) is 28.2. The molecule has 288 valence electrons. The molecule has 1 fully saturated rings. The number of hydrogen-bond donors (Lipinski definition) is 7. The van der Waals surface area contributed by atoms with Gasteiger partial charge in [0.05, 0.1) is 28.3 Å². The summed E-state index contributed by atoms with van der Waals surface area (Å²) >= 11 is 0. The fraction of sp³-hybridized carbons (Fsp3) is 0.189. The maximum atomic E-state index is 13.7. The van der Waals surface area contributed by atoms with E-state index < -0.39 is 87.8 Å². The number of ether oxygens (including phenoxy) is 2. The van der Waals surface area contributed by atoms with E-state index in [2.05, 4.69) is 10.6 Å². The molecule has 1 aliphatic heterocycles. The number of phenols is 3. The van der Waals surface area contributed by atoms with Gasteiger partial charge in [-0.25, -0.2) is 19.2 Å². The van der Waals surface area contributed by atoms with Crippen molar-refractivity contribution in [1.82, 2.24) is 10.6 Å². The number of carbonyl (C=O) groups is 6. The summed E-state index contributed by atoms with van der Waals surface area (Å²) in [6.07, 6.45) is -4.98. The van der Waals surface area contributed by atoms with Crippen LogP contribution in [-0.2, 0) is 9.53 Å². The fourth-order valence-electron chi connectivity index (χ4n) is 5.22. The lowest BCUT2D eigenvalue weighted by Crippen LogP contribution is -2.49. The summed E-state index contributed by atoms with van der Waals surface area (Å²) in [4.78, 5) is 74.0. The highest BCUT2D eigenvalue weighted by Crippen LogP contribution is 2.36. The zero-order valence-electron chi connectivity index (χ0n) is 28.2. The molecular formula is C37H31F3N2O13. The van der Waals surface area contributed by atoms with E-state index in [0.29, 0.717) is 19.4 Å². The maximum Gasteiger partial charge on any atom is 0.490 e. The minimum atomic E-state index is -5.08. The Morgan fingerprint density at radius 1 is 0.745 bits per heavy atom. The van der Waals surface area contributed by atoms with Crippen molar-refractivity contribution in [1.29, 1.82) is 0 Å². The van der Waals surface area contributed by atoms with Crippen LogP contribution < -0.4 is 15.4 Å². The molecule has 5 rings (SSSR count). The number of aromatic hydroxyl groups is 3. The van der Waals surface area contributed by atoms with Crippen LogP contribution >= 0.6 is 0 Å². The molecule has 1 saturated heterocycles. The predicted molar refractivity (Wildman–Crippen MR) is 182 cm³/mol. The van der Waals surface area contributed by atoms with E-state index in [9.17, 15) is 57.6 Å². The third-order valence-electron chi connectivity index (χ3n) is 7.86. The summed E-state index contributed by atoms with van der Waals surface area (Å²) in [5.41, 5.74) is -1.92. The number of carboxylic acid groups (broad SMARTS) is 2. The quantitative estimate of drug-likeness (QED) is 0.0714. The van der Waals surface area contributed by atoms with Gasteiger partial charge in [-0.2, -0.15) is 13.2 Å². The third-order valence-corrected chi connectivity index (χ3v) is 7.86. The van der Waals surface area contributed by atoms with Crippen molar-refractivity contribution in [2.24, 2.45) is 0 Å². The first kappa shape index (κ1) is 40.8. The molecule has 0 aliphatic carbocycles. The van der Waals surface area contributed by atoms with Crippen molar-refractivity contribution in [2.75, 3.05) is 13.1 Å². The Bertz CT molecular complexity index is 2090. The summed E-state index contributed by atoms with van der Waals surface area (Å²) in [7, 11) is 0. The number of nitrogens with one attached hydrogen (secondary N) is 2. The minimum absolute atomic E-state index is 0.0119. The van der Waals surface area contributed by atoms with E-state index in [4.69, 9.17) is 19.4 Å². The smallest absolute Gasteiger partial charge is 0.490 e. The number of benzene rings is 4. The van der Waals surface area contributed by atoms with Crippen molar-refractivity contribution in [3.8, 4) is 23.0 Å². The molecule has 0 saturated carbocycles. The van der Waals surface area contributed by atoms with Gasteiger partial charge in [-0.05, 0) is 80.1 Å². The highest BCUT2D eigenvalue weighted by atomic mass is 19.4. The Kier molecular flexibility index (Phi) is 13.1. The van der Waals surface area contributed by atoms with Crippen LogP contribution in [0.3, 0.4) is 0 Å². The number of carboxylic acids is 2. The summed E-state index contributed by atoms with van der Waals surface area (Å²) in [5.74, 6) is -10.1. The largest absolute Gasteiger partial charge is 0.508 e. The number of amides is 1. The maximum absolute atomic E-state index is 13.7. The van der Waals surface area contributed by atoms with Crippen LogP contribution in [0.1, 0.15) is 70.2 Å². The van der Waals surface area contributed by atoms with Crippen molar-refractivity contribution >= 4 is 35.6 Å². The molecule has 1 aliphatic rings. The molecule has 55 heavy (non-hydrogen) atoms. The number of aliphatic carboxylic acids is 1. The first-order chi connectivity index (χ1) is 26.0. The van der Waals surface area contributed by atoms with Gasteiger partial charge in [0.15, 0.2) is 0 Å². The average molecular weight is 769 g/mol. The number of halogens is 3. The van der Waals surface area contributed by atoms with Gasteiger partial charge in [0.1, 0.15) is 34.7 Å². The molecule has 0 aromatic heterocycles.